The number of fused-ring (bicyclic) bond motifs is 1. The summed E-state index contributed by atoms with van der Waals surface area (Å²) in [6.07, 6.45) is 3.97. The molecule has 0 saturated carbocycles. The number of nitrogens with zero attached hydrogens (tertiary/aromatic N) is 1. The van der Waals surface area contributed by atoms with Crippen LogP contribution in [0.25, 0.3) is 0 Å². The summed E-state index contributed by atoms with van der Waals surface area (Å²) in [5.74, 6) is 1.05. The summed E-state index contributed by atoms with van der Waals surface area (Å²) in [4.78, 5) is 4.62. The first kappa shape index (κ1) is 14.1. The molecule has 1 aliphatic rings. The SMILES string of the molecule is CCCNC(c1cccc2c1OCC2)c1ncccc1C. The zero-order chi connectivity index (χ0) is 14.7. The minimum absolute atomic E-state index is 0.0965. The zero-order valence-corrected chi connectivity index (χ0v) is 12.7. The van der Waals surface area contributed by atoms with Gasteiger partial charge in [-0.15, -0.1) is 0 Å². The van der Waals surface area contributed by atoms with Crippen LogP contribution < -0.4 is 10.1 Å². The molecule has 2 heterocycles. The molecule has 0 bridgehead atoms. The predicted molar refractivity (Wildman–Crippen MR) is 84.8 cm³/mol. The molecule has 1 aliphatic heterocycles. The number of para-hydroxylation sites is 1. The number of pyridine rings is 1. The van der Waals surface area contributed by atoms with Crippen LogP contribution >= 0.6 is 0 Å². The topological polar surface area (TPSA) is 34.1 Å². The molecule has 3 heteroatoms. The number of ether oxygens (including phenoxy) is 1. The molecule has 3 rings (SSSR count). The highest BCUT2D eigenvalue weighted by Crippen LogP contribution is 2.36. The van der Waals surface area contributed by atoms with Crippen molar-refractivity contribution in [3.05, 3.63) is 58.9 Å². The normalized spacial score (nSPS) is 14.6. The number of rotatable bonds is 5. The van der Waals surface area contributed by atoms with Crippen LogP contribution in [0.4, 0.5) is 0 Å². The van der Waals surface area contributed by atoms with Crippen molar-refractivity contribution in [1.29, 1.82) is 0 Å². The summed E-state index contributed by atoms with van der Waals surface area (Å²) in [5, 5.41) is 3.63. The van der Waals surface area contributed by atoms with E-state index >= 15 is 0 Å². The Morgan fingerprint density at radius 3 is 3.00 bits per heavy atom. The van der Waals surface area contributed by atoms with Gasteiger partial charge in [0.2, 0.25) is 0 Å². The smallest absolute Gasteiger partial charge is 0.127 e. The molecule has 0 aliphatic carbocycles. The van der Waals surface area contributed by atoms with E-state index in [1.165, 1.54) is 16.7 Å². The van der Waals surface area contributed by atoms with Crippen LogP contribution in [-0.2, 0) is 6.42 Å². The molecular formula is C18H22N2O. The average Bonchev–Trinajstić information content (AvgIpc) is 2.98. The number of benzene rings is 1. The fraction of sp³-hybridized carbons (Fsp3) is 0.389. The Labute approximate surface area is 126 Å². The Balaban J connectivity index is 2.04. The van der Waals surface area contributed by atoms with Crippen LogP contribution in [0.2, 0.25) is 0 Å². The molecule has 0 radical (unpaired) electrons. The molecule has 0 saturated heterocycles. The fourth-order valence-corrected chi connectivity index (χ4v) is 2.91. The molecule has 1 aromatic heterocycles. The van der Waals surface area contributed by atoms with Crippen molar-refractivity contribution in [2.75, 3.05) is 13.2 Å². The fourth-order valence-electron chi connectivity index (χ4n) is 2.91. The van der Waals surface area contributed by atoms with Crippen LogP contribution in [0.1, 0.15) is 41.8 Å². The monoisotopic (exact) mass is 282 g/mol. The molecule has 1 aromatic carbocycles. The van der Waals surface area contributed by atoms with Crippen LogP contribution in [0.3, 0.4) is 0 Å². The van der Waals surface area contributed by atoms with Crippen LogP contribution in [0.5, 0.6) is 5.75 Å². The number of hydrogen-bond donors (Lipinski definition) is 1. The Morgan fingerprint density at radius 2 is 2.19 bits per heavy atom. The Morgan fingerprint density at radius 1 is 1.29 bits per heavy atom. The van der Waals surface area contributed by atoms with Gasteiger partial charge in [-0.2, -0.15) is 0 Å². The number of aryl methyl sites for hydroxylation is 1. The van der Waals surface area contributed by atoms with Gasteiger partial charge in [0.25, 0.3) is 0 Å². The second-order valence-corrected chi connectivity index (χ2v) is 5.53. The van der Waals surface area contributed by atoms with E-state index in [-0.39, 0.29) is 6.04 Å². The molecular weight excluding hydrogens is 260 g/mol. The quantitative estimate of drug-likeness (QED) is 0.912. The molecule has 1 atom stereocenters. The summed E-state index contributed by atoms with van der Waals surface area (Å²) < 4.78 is 5.88. The van der Waals surface area contributed by atoms with Gasteiger partial charge in [-0.05, 0) is 37.1 Å². The summed E-state index contributed by atoms with van der Waals surface area (Å²) in [5.41, 5.74) is 4.82. The van der Waals surface area contributed by atoms with E-state index in [0.717, 1.165) is 37.4 Å². The molecule has 1 unspecified atom stereocenters. The minimum Gasteiger partial charge on any atom is -0.493 e. The largest absolute Gasteiger partial charge is 0.493 e. The predicted octanol–water partition coefficient (Wildman–Crippen LogP) is 3.41. The van der Waals surface area contributed by atoms with E-state index in [4.69, 9.17) is 4.74 Å². The van der Waals surface area contributed by atoms with Crippen molar-refractivity contribution >= 4 is 0 Å². The molecule has 110 valence electrons. The lowest BCUT2D eigenvalue weighted by Crippen LogP contribution is -2.25. The minimum atomic E-state index is 0.0965. The summed E-state index contributed by atoms with van der Waals surface area (Å²) >= 11 is 0. The van der Waals surface area contributed by atoms with Crippen LogP contribution in [0, 0.1) is 6.92 Å². The first-order valence-corrected chi connectivity index (χ1v) is 7.70. The van der Waals surface area contributed by atoms with Gasteiger partial charge in [0.1, 0.15) is 5.75 Å². The van der Waals surface area contributed by atoms with E-state index in [2.05, 4.69) is 48.4 Å². The Kier molecular flexibility index (Phi) is 4.20. The first-order chi connectivity index (χ1) is 10.3. The third-order valence-corrected chi connectivity index (χ3v) is 3.98. The van der Waals surface area contributed by atoms with Gasteiger partial charge in [0, 0.05) is 18.2 Å². The summed E-state index contributed by atoms with van der Waals surface area (Å²) in [6.45, 7) is 6.05. The zero-order valence-electron chi connectivity index (χ0n) is 12.7. The second-order valence-electron chi connectivity index (χ2n) is 5.53. The van der Waals surface area contributed by atoms with Gasteiger partial charge < -0.3 is 10.1 Å². The van der Waals surface area contributed by atoms with Gasteiger partial charge in [0.05, 0.1) is 18.3 Å². The van der Waals surface area contributed by atoms with E-state index < -0.39 is 0 Å². The van der Waals surface area contributed by atoms with Crippen molar-refractivity contribution in [3.63, 3.8) is 0 Å². The third-order valence-electron chi connectivity index (χ3n) is 3.98. The Bertz CT molecular complexity index is 624. The maximum Gasteiger partial charge on any atom is 0.127 e. The highest BCUT2D eigenvalue weighted by Gasteiger charge is 2.24. The van der Waals surface area contributed by atoms with Gasteiger partial charge >= 0.3 is 0 Å². The van der Waals surface area contributed by atoms with Gasteiger partial charge in [0.15, 0.2) is 0 Å². The maximum atomic E-state index is 5.88. The van der Waals surface area contributed by atoms with Crippen molar-refractivity contribution in [3.8, 4) is 5.75 Å². The van der Waals surface area contributed by atoms with Crippen LogP contribution in [0.15, 0.2) is 36.5 Å². The van der Waals surface area contributed by atoms with Crippen molar-refractivity contribution < 1.29 is 4.74 Å². The van der Waals surface area contributed by atoms with E-state index in [9.17, 15) is 0 Å². The third kappa shape index (κ3) is 2.79. The van der Waals surface area contributed by atoms with Crippen molar-refractivity contribution in [1.82, 2.24) is 10.3 Å². The van der Waals surface area contributed by atoms with Crippen molar-refractivity contribution in [2.45, 2.75) is 32.7 Å². The molecule has 2 aromatic rings. The molecule has 0 spiro atoms. The van der Waals surface area contributed by atoms with Crippen LogP contribution in [-0.4, -0.2) is 18.1 Å². The highest BCUT2D eigenvalue weighted by molar-refractivity contribution is 5.48. The highest BCUT2D eigenvalue weighted by atomic mass is 16.5. The summed E-state index contributed by atoms with van der Waals surface area (Å²) in [6, 6.07) is 10.6. The van der Waals surface area contributed by atoms with E-state index in [0.29, 0.717) is 0 Å². The van der Waals surface area contributed by atoms with E-state index in [1.54, 1.807) is 0 Å². The maximum absolute atomic E-state index is 5.88. The summed E-state index contributed by atoms with van der Waals surface area (Å²) in [7, 11) is 0. The van der Waals surface area contributed by atoms with Crippen molar-refractivity contribution in [2.24, 2.45) is 0 Å². The van der Waals surface area contributed by atoms with Gasteiger partial charge in [-0.1, -0.05) is 31.2 Å². The lowest BCUT2D eigenvalue weighted by atomic mass is 9.96. The number of hydrogen-bond acceptors (Lipinski definition) is 3. The van der Waals surface area contributed by atoms with E-state index in [1.807, 2.05) is 12.3 Å². The molecule has 21 heavy (non-hydrogen) atoms. The lowest BCUT2D eigenvalue weighted by Gasteiger charge is -2.22. The standard InChI is InChI=1S/C18H22N2O/c1-3-10-19-17(16-13(2)6-5-11-20-16)15-8-4-7-14-9-12-21-18(14)15/h4-8,11,17,19H,3,9-10,12H2,1-2H3. The Hall–Kier alpha value is -1.87. The number of nitrogens with one attached hydrogen (secondary N) is 1. The molecule has 1 N–H and O–H groups in total. The average molecular weight is 282 g/mol. The molecule has 0 fully saturated rings. The molecule has 3 nitrogen and oxygen atoms in total. The number of aromatic nitrogens is 1. The first-order valence-electron chi connectivity index (χ1n) is 7.70. The van der Waals surface area contributed by atoms with Gasteiger partial charge in [-0.3, -0.25) is 4.98 Å². The van der Waals surface area contributed by atoms with Gasteiger partial charge in [-0.25, -0.2) is 0 Å². The second kappa shape index (κ2) is 6.27. The lowest BCUT2D eigenvalue weighted by molar-refractivity contribution is 0.350. The molecule has 0 amide bonds.